The van der Waals surface area contributed by atoms with Gasteiger partial charge in [-0.25, -0.2) is 4.79 Å². The van der Waals surface area contributed by atoms with Crippen LogP contribution in [-0.2, 0) is 4.74 Å². The summed E-state index contributed by atoms with van der Waals surface area (Å²) in [6.45, 7) is 6.92. The van der Waals surface area contributed by atoms with E-state index in [1.165, 1.54) is 0 Å². The number of hydrogen-bond donors (Lipinski definition) is 3. The highest BCUT2D eigenvalue weighted by atomic mass is 16.5. The van der Waals surface area contributed by atoms with Crippen LogP contribution in [0.2, 0.25) is 0 Å². The summed E-state index contributed by atoms with van der Waals surface area (Å²) in [6, 6.07) is -0.118. The topological polar surface area (TPSA) is 65.6 Å². The van der Waals surface area contributed by atoms with Gasteiger partial charge in [0.05, 0.1) is 6.61 Å². The van der Waals surface area contributed by atoms with Crippen molar-refractivity contribution in [1.82, 2.24) is 20.9 Å². The van der Waals surface area contributed by atoms with Crippen LogP contribution in [-0.4, -0.2) is 70.5 Å². The lowest BCUT2D eigenvalue weighted by atomic mass is 10.3. The number of piperazine rings is 1. The summed E-state index contributed by atoms with van der Waals surface area (Å²) in [7, 11) is 1.62. The van der Waals surface area contributed by atoms with Gasteiger partial charge in [-0.3, -0.25) is 4.90 Å². The van der Waals surface area contributed by atoms with Crippen molar-refractivity contribution in [3.63, 3.8) is 0 Å². The summed E-state index contributed by atoms with van der Waals surface area (Å²) in [5.74, 6) is 0. The van der Waals surface area contributed by atoms with E-state index in [4.69, 9.17) is 4.74 Å². The van der Waals surface area contributed by atoms with E-state index in [-0.39, 0.29) is 6.03 Å². The lowest BCUT2D eigenvalue weighted by molar-refractivity contribution is 0.195. The van der Waals surface area contributed by atoms with Crippen molar-refractivity contribution in [1.29, 1.82) is 0 Å². The molecule has 3 N–H and O–H groups in total. The Morgan fingerprint density at radius 3 is 2.69 bits per heavy atom. The molecule has 0 saturated carbocycles. The average Bonchev–Trinajstić information content (AvgIpc) is 2.31. The van der Waals surface area contributed by atoms with E-state index in [2.05, 4.69) is 20.9 Å². The molecule has 1 heterocycles. The number of carbonyl (C=O) groups excluding carboxylic acids is 1. The zero-order valence-electron chi connectivity index (χ0n) is 9.92. The summed E-state index contributed by atoms with van der Waals surface area (Å²) >= 11 is 0. The fourth-order valence-corrected chi connectivity index (χ4v) is 1.59. The van der Waals surface area contributed by atoms with E-state index >= 15 is 0 Å². The number of ether oxygens (including phenoxy) is 1. The van der Waals surface area contributed by atoms with Crippen LogP contribution in [0.5, 0.6) is 0 Å². The maximum atomic E-state index is 11.3. The van der Waals surface area contributed by atoms with E-state index in [1.807, 2.05) is 0 Å². The molecule has 0 aromatic rings. The Kier molecular flexibility index (Phi) is 6.87. The number of nitrogens with zero attached hydrogens (tertiary/aromatic N) is 1. The van der Waals surface area contributed by atoms with E-state index in [0.29, 0.717) is 19.7 Å². The van der Waals surface area contributed by atoms with Crippen LogP contribution in [0.1, 0.15) is 0 Å². The molecular weight excluding hydrogens is 208 g/mol. The molecule has 0 aromatic carbocycles. The van der Waals surface area contributed by atoms with Gasteiger partial charge in [0, 0.05) is 52.9 Å². The van der Waals surface area contributed by atoms with Crippen LogP contribution >= 0.6 is 0 Å². The SMILES string of the molecule is COCCNC(=O)NCCN1CCNCC1. The second kappa shape index (κ2) is 8.32. The van der Waals surface area contributed by atoms with Crippen molar-refractivity contribution in [2.24, 2.45) is 0 Å². The van der Waals surface area contributed by atoms with Crippen LogP contribution in [0.3, 0.4) is 0 Å². The molecule has 0 unspecified atom stereocenters. The van der Waals surface area contributed by atoms with Crippen molar-refractivity contribution in [3.05, 3.63) is 0 Å². The average molecular weight is 230 g/mol. The molecule has 2 amide bonds. The minimum absolute atomic E-state index is 0.118. The quantitative estimate of drug-likeness (QED) is 0.504. The fraction of sp³-hybridized carbons (Fsp3) is 0.900. The second-order valence-corrected chi connectivity index (χ2v) is 3.77. The molecule has 0 radical (unpaired) electrons. The van der Waals surface area contributed by atoms with Gasteiger partial charge in [0.2, 0.25) is 0 Å². The van der Waals surface area contributed by atoms with E-state index in [1.54, 1.807) is 7.11 Å². The fourth-order valence-electron chi connectivity index (χ4n) is 1.59. The minimum Gasteiger partial charge on any atom is -0.383 e. The number of hydrogen-bond acceptors (Lipinski definition) is 4. The van der Waals surface area contributed by atoms with Crippen LogP contribution in [0.4, 0.5) is 4.79 Å². The third kappa shape index (κ3) is 5.89. The Bertz CT molecular complexity index is 195. The summed E-state index contributed by atoms with van der Waals surface area (Å²) < 4.78 is 4.83. The number of methoxy groups -OCH3 is 1. The van der Waals surface area contributed by atoms with Gasteiger partial charge in [-0.15, -0.1) is 0 Å². The third-order valence-electron chi connectivity index (χ3n) is 2.51. The lowest BCUT2D eigenvalue weighted by Crippen LogP contribution is -2.47. The Morgan fingerprint density at radius 2 is 2.00 bits per heavy atom. The molecule has 0 spiro atoms. The maximum Gasteiger partial charge on any atom is 0.314 e. The van der Waals surface area contributed by atoms with Crippen molar-refractivity contribution in [2.75, 3.05) is 59.5 Å². The Morgan fingerprint density at radius 1 is 1.31 bits per heavy atom. The van der Waals surface area contributed by atoms with Gasteiger partial charge in [0.15, 0.2) is 0 Å². The zero-order chi connectivity index (χ0) is 11.6. The van der Waals surface area contributed by atoms with Crippen molar-refractivity contribution in [3.8, 4) is 0 Å². The van der Waals surface area contributed by atoms with Crippen LogP contribution in [0, 0.1) is 0 Å². The second-order valence-electron chi connectivity index (χ2n) is 3.77. The number of rotatable bonds is 6. The molecule has 1 aliphatic rings. The largest absolute Gasteiger partial charge is 0.383 e. The molecular formula is C10H22N4O2. The van der Waals surface area contributed by atoms with Crippen molar-refractivity contribution < 1.29 is 9.53 Å². The van der Waals surface area contributed by atoms with Gasteiger partial charge >= 0.3 is 6.03 Å². The maximum absolute atomic E-state index is 11.3. The number of carbonyl (C=O) groups is 1. The van der Waals surface area contributed by atoms with Crippen LogP contribution in [0.15, 0.2) is 0 Å². The van der Waals surface area contributed by atoms with E-state index < -0.39 is 0 Å². The van der Waals surface area contributed by atoms with Gasteiger partial charge in [0.25, 0.3) is 0 Å². The Labute approximate surface area is 96.7 Å². The molecule has 16 heavy (non-hydrogen) atoms. The van der Waals surface area contributed by atoms with Crippen molar-refractivity contribution >= 4 is 6.03 Å². The molecule has 0 atom stereocenters. The standard InChI is InChI=1S/C10H22N4O2/c1-16-9-5-13-10(15)12-4-8-14-6-2-11-3-7-14/h11H,2-9H2,1H3,(H2,12,13,15). The van der Waals surface area contributed by atoms with Gasteiger partial charge in [-0.2, -0.15) is 0 Å². The third-order valence-corrected chi connectivity index (χ3v) is 2.51. The number of nitrogens with one attached hydrogen (secondary N) is 3. The first kappa shape index (κ1) is 13.2. The number of amides is 2. The summed E-state index contributed by atoms with van der Waals surface area (Å²) in [4.78, 5) is 13.6. The summed E-state index contributed by atoms with van der Waals surface area (Å²) in [5, 5.41) is 8.83. The Hall–Kier alpha value is -0.850. The number of urea groups is 1. The van der Waals surface area contributed by atoms with Gasteiger partial charge in [0.1, 0.15) is 0 Å². The molecule has 0 aliphatic carbocycles. The smallest absolute Gasteiger partial charge is 0.314 e. The van der Waals surface area contributed by atoms with Gasteiger partial charge in [-0.1, -0.05) is 0 Å². The lowest BCUT2D eigenvalue weighted by Gasteiger charge is -2.27. The Balaban J connectivity index is 1.94. The van der Waals surface area contributed by atoms with Gasteiger partial charge < -0.3 is 20.7 Å². The highest BCUT2D eigenvalue weighted by Gasteiger charge is 2.08. The molecule has 94 valence electrons. The molecule has 1 rings (SSSR count). The molecule has 0 bridgehead atoms. The normalized spacial score (nSPS) is 17.1. The zero-order valence-corrected chi connectivity index (χ0v) is 9.92. The molecule has 6 nitrogen and oxygen atoms in total. The van der Waals surface area contributed by atoms with E-state index in [9.17, 15) is 4.79 Å². The highest BCUT2D eigenvalue weighted by Crippen LogP contribution is 1.89. The monoisotopic (exact) mass is 230 g/mol. The minimum atomic E-state index is -0.118. The first-order chi connectivity index (χ1) is 7.83. The molecule has 0 aromatic heterocycles. The molecule has 1 aliphatic heterocycles. The predicted molar refractivity (Wildman–Crippen MR) is 62.6 cm³/mol. The highest BCUT2D eigenvalue weighted by molar-refractivity contribution is 5.73. The summed E-state index contributed by atoms with van der Waals surface area (Å²) in [5.41, 5.74) is 0. The molecule has 6 heteroatoms. The first-order valence-electron chi connectivity index (χ1n) is 5.76. The van der Waals surface area contributed by atoms with Gasteiger partial charge in [-0.05, 0) is 0 Å². The molecule has 1 saturated heterocycles. The summed E-state index contributed by atoms with van der Waals surface area (Å²) in [6.07, 6.45) is 0. The predicted octanol–water partition coefficient (Wildman–Crippen LogP) is -1.16. The van der Waals surface area contributed by atoms with Crippen LogP contribution < -0.4 is 16.0 Å². The van der Waals surface area contributed by atoms with Crippen molar-refractivity contribution in [2.45, 2.75) is 0 Å². The van der Waals surface area contributed by atoms with Crippen LogP contribution in [0.25, 0.3) is 0 Å². The molecule has 1 fully saturated rings. The first-order valence-corrected chi connectivity index (χ1v) is 5.76. The van der Waals surface area contributed by atoms with E-state index in [0.717, 1.165) is 32.7 Å².